The van der Waals surface area contributed by atoms with Crippen LogP contribution in [0.3, 0.4) is 0 Å². The van der Waals surface area contributed by atoms with E-state index in [2.05, 4.69) is 75.9 Å². The molecule has 1 unspecified atom stereocenters. The molecule has 1 aliphatic rings. The fraction of sp³-hybridized carbons (Fsp3) is 0.267. The second kappa shape index (κ2) is 10.3. The molecule has 0 amide bonds. The summed E-state index contributed by atoms with van der Waals surface area (Å²) in [5.74, 6) is 0.232. The van der Waals surface area contributed by atoms with E-state index < -0.39 is 0 Å². The summed E-state index contributed by atoms with van der Waals surface area (Å²) in [6.45, 7) is 13.6. The molecule has 1 saturated heterocycles. The van der Waals surface area contributed by atoms with Crippen LogP contribution in [0.5, 0.6) is 0 Å². The van der Waals surface area contributed by atoms with Crippen molar-refractivity contribution in [2.75, 3.05) is 24.5 Å². The standard InChI is InChI=1S/C30H27ClN6O/c1-19-5-7-21(8-6-19)28(22-9-11-23(31)12-10-22)37-16-15-36(18-20(37)2)29-24(17-32)30(38)35(4)25-13-14-26(33-3)34-27(25)29/h5-14,20,28H,15-16,18H2,1-2,4H3/t20-,28?/m1/s1. The zero-order valence-electron chi connectivity index (χ0n) is 21.5. The molecule has 1 fully saturated rings. The van der Waals surface area contributed by atoms with Crippen molar-refractivity contribution >= 4 is 34.1 Å². The van der Waals surface area contributed by atoms with Gasteiger partial charge in [0.1, 0.15) is 17.3 Å². The van der Waals surface area contributed by atoms with Crippen molar-refractivity contribution in [3.05, 3.63) is 110 Å². The van der Waals surface area contributed by atoms with E-state index in [-0.39, 0.29) is 29.0 Å². The number of halogens is 1. The Morgan fingerprint density at radius 2 is 1.74 bits per heavy atom. The molecule has 38 heavy (non-hydrogen) atoms. The molecule has 1 aliphatic heterocycles. The molecule has 2 aromatic carbocycles. The first-order chi connectivity index (χ1) is 18.3. The molecule has 0 saturated carbocycles. The molecule has 0 radical (unpaired) electrons. The number of piperazine rings is 1. The average Bonchev–Trinajstić information content (AvgIpc) is 2.93. The highest BCUT2D eigenvalue weighted by Crippen LogP contribution is 2.36. The van der Waals surface area contributed by atoms with Gasteiger partial charge in [0.15, 0.2) is 0 Å². The predicted molar refractivity (Wildman–Crippen MR) is 151 cm³/mol. The highest BCUT2D eigenvalue weighted by Gasteiger charge is 2.34. The largest absolute Gasteiger partial charge is 0.364 e. The number of aromatic nitrogens is 2. The molecule has 0 N–H and O–H groups in total. The Bertz CT molecular complexity index is 1600. The molecule has 5 rings (SSSR count). The van der Waals surface area contributed by atoms with Gasteiger partial charge in [-0.1, -0.05) is 60.1 Å². The van der Waals surface area contributed by atoms with Gasteiger partial charge in [-0.15, -0.1) is 4.98 Å². The van der Waals surface area contributed by atoms with Gasteiger partial charge in [0, 0.05) is 37.7 Å². The van der Waals surface area contributed by atoms with Crippen molar-refractivity contribution < 1.29 is 0 Å². The topological polar surface area (TPSA) is 69.5 Å². The molecule has 0 bridgehead atoms. The fourth-order valence-electron chi connectivity index (χ4n) is 5.38. The average molecular weight is 523 g/mol. The van der Waals surface area contributed by atoms with Crippen molar-refractivity contribution in [3.8, 4) is 6.07 Å². The monoisotopic (exact) mass is 522 g/mol. The van der Waals surface area contributed by atoms with Gasteiger partial charge in [-0.05, 0) is 49.2 Å². The molecule has 3 heterocycles. The van der Waals surface area contributed by atoms with Gasteiger partial charge < -0.3 is 14.3 Å². The Labute approximate surface area is 226 Å². The second-order valence-corrected chi connectivity index (χ2v) is 10.2. The Morgan fingerprint density at radius 1 is 1.08 bits per heavy atom. The molecule has 2 atom stereocenters. The minimum atomic E-state index is -0.360. The van der Waals surface area contributed by atoms with Crippen LogP contribution in [0.25, 0.3) is 15.9 Å². The van der Waals surface area contributed by atoms with E-state index in [9.17, 15) is 10.1 Å². The molecule has 7 nitrogen and oxygen atoms in total. The molecule has 4 aromatic rings. The molecule has 0 aliphatic carbocycles. The maximum Gasteiger partial charge on any atom is 0.271 e. The van der Waals surface area contributed by atoms with Gasteiger partial charge in [-0.25, -0.2) is 0 Å². The van der Waals surface area contributed by atoms with Gasteiger partial charge >= 0.3 is 0 Å². The van der Waals surface area contributed by atoms with Crippen molar-refractivity contribution in [2.24, 2.45) is 7.05 Å². The number of nitrogens with zero attached hydrogens (tertiary/aromatic N) is 6. The van der Waals surface area contributed by atoms with E-state index in [1.165, 1.54) is 15.7 Å². The van der Waals surface area contributed by atoms with Crippen molar-refractivity contribution in [2.45, 2.75) is 25.9 Å². The molecule has 190 valence electrons. The quantitative estimate of drug-likeness (QED) is 0.325. The number of anilines is 1. The highest BCUT2D eigenvalue weighted by atomic mass is 35.5. The third-order valence-corrected chi connectivity index (χ3v) is 7.58. The summed E-state index contributed by atoms with van der Waals surface area (Å²) < 4.78 is 1.44. The lowest BCUT2D eigenvalue weighted by Gasteiger charge is -2.45. The lowest BCUT2D eigenvalue weighted by Crippen LogP contribution is -2.53. The van der Waals surface area contributed by atoms with E-state index in [0.29, 0.717) is 41.4 Å². The number of rotatable bonds is 4. The van der Waals surface area contributed by atoms with Crippen LogP contribution in [-0.2, 0) is 7.05 Å². The molecule has 8 heteroatoms. The maximum atomic E-state index is 13.1. The van der Waals surface area contributed by atoms with E-state index in [4.69, 9.17) is 18.2 Å². The van der Waals surface area contributed by atoms with E-state index in [1.54, 1.807) is 19.2 Å². The van der Waals surface area contributed by atoms with E-state index in [0.717, 1.165) is 5.56 Å². The van der Waals surface area contributed by atoms with Gasteiger partial charge in [-0.3, -0.25) is 9.69 Å². The van der Waals surface area contributed by atoms with Crippen LogP contribution in [0.15, 0.2) is 65.5 Å². The lowest BCUT2D eigenvalue weighted by atomic mass is 9.94. The van der Waals surface area contributed by atoms with Crippen LogP contribution >= 0.6 is 11.6 Å². The van der Waals surface area contributed by atoms with E-state index in [1.807, 2.05) is 12.1 Å². The van der Waals surface area contributed by atoms with Crippen LogP contribution in [0.1, 0.15) is 35.2 Å². The van der Waals surface area contributed by atoms with Gasteiger partial charge in [0.25, 0.3) is 11.4 Å². The van der Waals surface area contributed by atoms with Crippen molar-refractivity contribution in [1.82, 2.24) is 14.5 Å². The van der Waals surface area contributed by atoms with Crippen molar-refractivity contribution in [3.63, 3.8) is 0 Å². The Morgan fingerprint density at radius 3 is 2.34 bits per heavy atom. The first kappa shape index (κ1) is 25.5. The Kier molecular flexibility index (Phi) is 6.91. The molecular formula is C30H27ClN6O. The Balaban J connectivity index is 1.56. The Hall–Kier alpha value is -4.17. The number of aryl methyl sites for hydroxylation is 2. The number of fused-ring (bicyclic) bond motifs is 1. The molecular weight excluding hydrogens is 496 g/mol. The summed E-state index contributed by atoms with van der Waals surface area (Å²) in [6.07, 6.45) is 0. The highest BCUT2D eigenvalue weighted by molar-refractivity contribution is 6.30. The lowest BCUT2D eigenvalue weighted by molar-refractivity contribution is 0.150. The maximum absolute atomic E-state index is 13.1. The zero-order valence-corrected chi connectivity index (χ0v) is 22.3. The summed E-state index contributed by atoms with van der Waals surface area (Å²) >= 11 is 6.21. The van der Waals surface area contributed by atoms with Crippen LogP contribution in [-0.4, -0.2) is 40.1 Å². The fourth-order valence-corrected chi connectivity index (χ4v) is 5.51. The van der Waals surface area contributed by atoms with Crippen LogP contribution in [0, 0.1) is 24.8 Å². The third-order valence-electron chi connectivity index (χ3n) is 7.33. The third kappa shape index (κ3) is 4.52. The van der Waals surface area contributed by atoms with Crippen LogP contribution in [0.2, 0.25) is 5.02 Å². The number of hydrogen-bond donors (Lipinski definition) is 0. The summed E-state index contributed by atoms with van der Waals surface area (Å²) in [7, 11) is 1.63. The minimum absolute atomic E-state index is 0.0210. The SMILES string of the molecule is [C-]#[N+]c1ccc2c(n1)c(N1CCN(C(c3ccc(C)cc3)c3ccc(Cl)cc3)[C@H](C)C1)c(C#N)c(=O)n2C. The number of hydrogen-bond acceptors (Lipinski definition) is 5. The summed E-state index contributed by atoms with van der Waals surface area (Å²) in [5.41, 5.74) is 4.87. The van der Waals surface area contributed by atoms with E-state index >= 15 is 0 Å². The summed E-state index contributed by atoms with van der Waals surface area (Å²) in [5, 5.41) is 10.7. The first-order valence-corrected chi connectivity index (χ1v) is 12.8. The van der Waals surface area contributed by atoms with Crippen molar-refractivity contribution in [1.29, 1.82) is 5.26 Å². The minimum Gasteiger partial charge on any atom is -0.364 e. The second-order valence-electron chi connectivity index (χ2n) is 9.75. The summed E-state index contributed by atoms with van der Waals surface area (Å²) in [6, 6.07) is 22.2. The number of benzene rings is 2. The zero-order chi connectivity index (χ0) is 27.0. The molecule has 2 aromatic heterocycles. The van der Waals surface area contributed by atoms with Gasteiger partial charge in [0.2, 0.25) is 5.52 Å². The van der Waals surface area contributed by atoms with Crippen LogP contribution in [0.4, 0.5) is 11.5 Å². The smallest absolute Gasteiger partial charge is 0.271 e. The van der Waals surface area contributed by atoms with Gasteiger partial charge in [0.05, 0.1) is 11.6 Å². The number of pyridine rings is 2. The molecule has 0 spiro atoms. The number of nitriles is 1. The predicted octanol–water partition coefficient (Wildman–Crippen LogP) is 5.62. The first-order valence-electron chi connectivity index (χ1n) is 12.5. The van der Waals surface area contributed by atoms with Crippen LogP contribution < -0.4 is 10.5 Å². The van der Waals surface area contributed by atoms with Gasteiger partial charge in [-0.2, -0.15) is 5.26 Å². The normalized spacial score (nSPS) is 16.7. The summed E-state index contributed by atoms with van der Waals surface area (Å²) in [4.78, 5) is 25.7.